The highest BCUT2D eigenvalue weighted by molar-refractivity contribution is 7.07. The van der Waals surface area contributed by atoms with Crippen molar-refractivity contribution < 1.29 is 4.42 Å². The molecule has 4 aromatic rings. The number of hydrogen-bond acceptors (Lipinski definition) is 4. The van der Waals surface area contributed by atoms with Gasteiger partial charge in [-0.25, -0.2) is 4.68 Å². The van der Waals surface area contributed by atoms with E-state index in [-0.39, 0.29) is 0 Å². The molecule has 0 saturated heterocycles. The predicted octanol–water partition coefficient (Wildman–Crippen LogP) is 4.77. The largest absolute Gasteiger partial charge is 0.454 e. The number of aromatic nitrogens is 1. The van der Waals surface area contributed by atoms with Crippen LogP contribution in [0.3, 0.4) is 0 Å². The van der Waals surface area contributed by atoms with Gasteiger partial charge < -0.3 is 4.42 Å². The molecule has 0 unspecified atom stereocenters. The summed E-state index contributed by atoms with van der Waals surface area (Å²) in [5.41, 5.74) is 2.82. The van der Waals surface area contributed by atoms with Crippen LogP contribution in [0.4, 0.5) is 0 Å². The van der Waals surface area contributed by atoms with E-state index in [9.17, 15) is 0 Å². The third-order valence-electron chi connectivity index (χ3n) is 3.78. The van der Waals surface area contributed by atoms with Gasteiger partial charge in [0.1, 0.15) is 11.3 Å². The summed E-state index contributed by atoms with van der Waals surface area (Å²) < 4.78 is 7.85. The first-order valence-electron chi connectivity index (χ1n) is 8.14. The van der Waals surface area contributed by atoms with Gasteiger partial charge >= 0.3 is 0 Å². The lowest BCUT2D eigenvalue weighted by Gasteiger charge is -2.00. The van der Waals surface area contributed by atoms with Gasteiger partial charge in [0.15, 0.2) is 5.76 Å². The van der Waals surface area contributed by atoms with Crippen LogP contribution in [0, 0.1) is 0 Å². The molecule has 2 heterocycles. The maximum absolute atomic E-state index is 6.01. The van der Waals surface area contributed by atoms with Crippen molar-refractivity contribution in [1.29, 1.82) is 0 Å². The third kappa shape index (κ3) is 3.19. The van der Waals surface area contributed by atoms with Crippen molar-refractivity contribution in [2.45, 2.75) is 6.92 Å². The van der Waals surface area contributed by atoms with E-state index in [0.717, 1.165) is 32.8 Å². The van der Waals surface area contributed by atoms with Gasteiger partial charge in [-0.15, -0.1) is 11.3 Å². The van der Waals surface area contributed by atoms with Gasteiger partial charge in [0.05, 0.1) is 6.21 Å². The molecular weight excluding hydrogens is 330 g/mol. The summed E-state index contributed by atoms with van der Waals surface area (Å²) in [4.78, 5) is 5.40. The van der Waals surface area contributed by atoms with Crippen LogP contribution in [0.15, 0.2) is 80.6 Å². The average Bonchev–Trinajstić information content (AvgIpc) is 3.25. The first kappa shape index (κ1) is 15.6. The van der Waals surface area contributed by atoms with Crippen molar-refractivity contribution in [3.63, 3.8) is 0 Å². The summed E-state index contributed by atoms with van der Waals surface area (Å²) in [5, 5.41) is 7.77. The molecule has 5 heteroatoms. The van der Waals surface area contributed by atoms with E-state index in [0.29, 0.717) is 6.54 Å². The minimum Gasteiger partial charge on any atom is -0.454 e. The number of fused-ring (bicyclic) bond motifs is 1. The zero-order chi connectivity index (χ0) is 17.1. The van der Waals surface area contributed by atoms with E-state index in [1.165, 1.54) is 0 Å². The maximum atomic E-state index is 6.01. The smallest absolute Gasteiger partial charge is 0.206 e. The number of hydrogen-bond donors (Lipinski definition) is 0. The van der Waals surface area contributed by atoms with Crippen LogP contribution in [0.25, 0.3) is 22.4 Å². The van der Waals surface area contributed by atoms with Crippen LogP contribution < -0.4 is 4.80 Å². The maximum Gasteiger partial charge on any atom is 0.206 e. The fraction of sp³-hybridized carbons (Fsp3) is 0.100. The minimum absolute atomic E-state index is 0.709. The lowest BCUT2D eigenvalue weighted by atomic mass is 10.2. The Morgan fingerprint density at radius 2 is 1.88 bits per heavy atom. The van der Waals surface area contributed by atoms with Crippen LogP contribution in [-0.2, 0) is 0 Å². The number of furan rings is 1. The summed E-state index contributed by atoms with van der Waals surface area (Å²) in [6.45, 7) is 2.73. The van der Waals surface area contributed by atoms with Crippen molar-refractivity contribution in [3.05, 3.63) is 76.4 Å². The molecule has 0 radical (unpaired) electrons. The van der Waals surface area contributed by atoms with E-state index in [2.05, 4.69) is 10.1 Å². The van der Waals surface area contributed by atoms with Crippen LogP contribution in [0.1, 0.15) is 12.5 Å². The molecule has 0 bridgehead atoms. The molecule has 4 nitrogen and oxygen atoms in total. The number of rotatable bonds is 4. The van der Waals surface area contributed by atoms with E-state index in [1.54, 1.807) is 11.3 Å². The Morgan fingerprint density at radius 3 is 2.68 bits per heavy atom. The lowest BCUT2D eigenvalue weighted by Crippen LogP contribution is -2.12. The normalized spacial score (nSPS) is 12.4. The second-order valence-corrected chi connectivity index (χ2v) is 6.33. The summed E-state index contributed by atoms with van der Waals surface area (Å²) in [6.07, 6.45) is 1.84. The number of para-hydroxylation sites is 1. The summed E-state index contributed by atoms with van der Waals surface area (Å²) in [6, 6.07) is 20.1. The Hall–Kier alpha value is -2.92. The van der Waals surface area contributed by atoms with Gasteiger partial charge in [0, 0.05) is 17.3 Å². The molecule has 0 atom stereocenters. The van der Waals surface area contributed by atoms with Gasteiger partial charge in [-0.1, -0.05) is 48.5 Å². The van der Waals surface area contributed by atoms with Crippen molar-refractivity contribution in [1.82, 2.24) is 4.68 Å². The molecule has 0 aliphatic rings. The Morgan fingerprint density at radius 1 is 1.08 bits per heavy atom. The Labute approximate surface area is 149 Å². The highest BCUT2D eigenvalue weighted by atomic mass is 32.1. The summed E-state index contributed by atoms with van der Waals surface area (Å²) >= 11 is 1.56. The lowest BCUT2D eigenvalue weighted by molar-refractivity contribution is 0.621. The minimum atomic E-state index is 0.709. The molecule has 25 heavy (non-hydrogen) atoms. The van der Waals surface area contributed by atoms with Gasteiger partial charge in [0.2, 0.25) is 4.80 Å². The Balaban J connectivity index is 1.83. The van der Waals surface area contributed by atoms with Crippen LogP contribution >= 0.6 is 11.3 Å². The molecule has 4 rings (SSSR count). The zero-order valence-corrected chi connectivity index (χ0v) is 14.6. The number of nitrogens with zero attached hydrogens (tertiary/aromatic N) is 3. The Bertz CT molecular complexity index is 1050. The first-order valence-corrected chi connectivity index (χ1v) is 9.02. The monoisotopic (exact) mass is 347 g/mol. The molecule has 2 aromatic carbocycles. The summed E-state index contributed by atoms with van der Waals surface area (Å²) in [7, 11) is 0. The molecule has 2 aromatic heterocycles. The molecular formula is C20H17N3OS. The quantitative estimate of drug-likeness (QED) is 0.491. The first-order chi connectivity index (χ1) is 12.3. The fourth-order valence-corrected chi connectivity index (χ4v) is 3.48. The second-order valence-electron chi connectivity index (χ2n) is 5.49. The third-order valence-corrected chi connectivity index (χ3v) is 4.63. The topological polar surface area (TPSA) is 42.8 Å². The highest BCUT2D eigenvalue weighted by Crippen LogP contribution is 2.28. The molecule has 0 amide bonds. The summed E-state index contributed by atoms with van der Waals surface area (Å²) in [5.74, 6) is 0.792. The van der Waals surface area contributed by atoms with Crippen LogP contribution in [-0.4, -0.2) is 17.4 Å². The van der Waals surface area contributed by atoms with E-state index in [1.807, 2.05) is 83.9 Å². The van der Waals surface area contributed by atoms with E-state index in [4.69, 9.17) is 4.42 Å². The second kappa shape index (κ2) is 6.91. The van der Waals surface area contributed by atoms with Crippen molar-refractivity contribution in [3.8, 4) is 11.5 Å². The molecule has 0 N–H and O–H groups in total. The van der Waals surface area contributed by atoms with Crippen LogP contribution in [0.5, 0.6) is 0 Å². The average molecular weight is 347 g/mol. The van der Waals surface area contributed by atoms with Crippen LogP contribution in [0.2, 0.25) is 0 Å². The molecule has 0 saturated carbocycles. The standard InChI is InChI=1S/C20H17N3OS/c1-2-21-20-23(22-13-15-8-4-3-5-9-15)17(14-25-20)19-12-16-10-6-7-11-18(16)24-19/h3-14H,2H2,1H3. The van der Waals surface area contributed by atoms with Crippen molar-refractivity contribution in [2.24, 2.45) is 10.1 Å². The zero-order valence-electron chi connectivity index (χ0n) is 13.8. The fourth-order valence-electron chi connectivity index (χ4n) is 2.60. The SMILES string of the molecule is CCN=c1scc(-c2cc3ccccc3o2)n1N=Cc1ccccc1. The Kier molecular flexibility index (Phi) is 4.31. The predicted molar refractivity (Wildman–Crippen MR) is 103 cm³/mol. The van der Waals surface area contributed by atoms with Crippen molar-refractivity contribution in [2.75, 3.05) is 6.54 Å². The van der Waals surface area contributed by atoms with Gasteiger partial charge in [0.25, 0.3) is 0 Å². The van der Waals surface area contributed by atoms with Gasteiger partial charge in [-0.2, -0.15) is 5.10 Å². The molecule has 0 aliphatic heterocycles. The number of thiazole rings is 1. The van der Waals surface area contributed by atoms with Crippen molar-refractivity contribution >= 4 is 28.5 Å². The molecule has 0 fully saturated rings. The van der Waals surface area contributed by atoms with E-state index >= 15 is 0 Å². The van der Waals surface area contributed by atoms with Gasteiger partial charge in [-0.05, 0) is 24.6 Å². The molecule has 0 aliphatic carbocycles. The highest BCUT2D eigenvalue weighted by Gasteiger charge is 2.12. The number of benzene rings is 2. The van der Waals surface area contributed by atoms with E-state index < -0.39 is 0 Å². The molecule has 124 valence electrons. The molecule has 0 spiro atoms. The van der Waals surface area contributed by atoms with Gasteiger partial charge in [-0.3, -0.25) is 4.99 Å².